The summed E-state index contributed by atoms with van der Waals surface area (Å²) in [7, 11) is 2.15. The van der Waals surface area contributed by atoms with Crippen LogP contribution in [0, 0.1) is 13.8 Å². The molecule has 3 fully saturated rings. The van der Waals surface area contributed by atoms with Crippen LogP contribution in [0.2, 0.25) is 0 Å². The maximum Gasteiger partial charge on any atom is 0.417 e. The second kappa shape index (κ2) is 11.7. The van der Waals surface area contributed by atoms with Gasteiger partial charge in [-0.15, -0.1) is 0 Å². The summed E-state index contributed by atoms with van der Waals surface area (Å²) in [5, 5.41) is 0. The molecule has 10 heteroatoms. The Morgan fingerprint density at radius 1 is 1.18 bits per heavy atom. The van der Waals surface area contributed by atoms with Crippen LogP contribution in [0.4, 0.5) is 13.2 Å². The molecule has 0 radical (unpaired) electrons. The maximum absolute atomic E-state index is 13.0. The number of carbonyl (C=O) groups is 1. The molecule has 0 spiro atoms. The highest BCUT2D eigenvalue weighted by Crippen LogP contribution is 2.39. The van der Waals surface area contributed by atoms with Crippen molar-refractivity contribution in [1.82, 2.24) is 19.7 Å². The van der Waals surface area contributed by atoms with Crippen molar-refractivity contribution in [2.45, 2.75) is 70.4 Å². The third-order valence-electron chi connectivity index (χ3n) is 9.02. The van der Waals surface area contributed by atoms with E-state index in [1.54, 1.807) is 4.90 Å². The van der Waals surface area contributed by atoms with Crippen LogP contribution in [0.15, 0.2) is 30.5 Å². The minimum atomic E-state index is -4.47. The van der Waals surface area contributed by atoms with Crippen LogP contribution in [-0.2, 0) is 10.9 Å². The van der Waals surface area contributed by atoms with Gasteiger partial charge in [0.25, 0.3) is 5.91 Å². The number of likely N-dealkylation sites (N-methyl/N-ethyl adjacent to an activating group) is 1. The predicted molar refractivity (Wildman–Crippen MR) is 145 cm³/mol. The monoisotopic (exact) mass is 560 g/mol. The lowest BCUT2D eigenvalue weighted by molar-refractivity contribution is -0.137. The van der Waals surface area contributed by atoms with Crippen LogP contribution in [0.25, 0.3) is 0 Å². The number of hydrogen-bond donors (Lipinski definition) is 0. The van der Waals surface area contributed by atoms with Crippen molar-refractivity contribution in [2.75, 3.05) is 46.5 Å². The maximum atomic E-state index is 13.0. The minimum Gasteiger partial charge on any atom is -0.493 e. The van der Waals surface area contributed by atoms with Gasteiger partial charge in [0.2, 0.25) is 0 Å². The molecule has 4 atom stereocenters. The van der Waals surface area contributed by atoms with Crippen molar-refractivity contribution in [3.63, 3.8) is 0 Å². The Morgan fingerprint density at radius 3 is 2.60 bits per heavy atom. The highest BCUT2D eigenvalue weighted by Gasteiger charge is 2.47. The fourth-order valence-electron chi connectivity index (χ4n) is 6.41. The summed E-state index contributed by atoms with van der Waals surface area (Å²) < 4.78 is 50.3. The van der Waals surface area contributed by atoms with E-state index in [1.165, 1.54) is 17.2 Å². The molecule has 1 aromatic carbocycles. The lowest BCUT2D eigenvalue weighted by atomic mass is 9.96. The zero-order valence-corrected chi connectivity index (χ0v) is 23.7. The van der Waals surface area contributed by atoms with Crippen LogP contribution >= 0.6 is 0 Å². The number of nitrogens with zero attached hydrogens (tertiary/aromatic N) is 4. The molecule has 4 heterocycles. The molecule has 2 bridgehead atoms. The Labute approximate surface area is 234 Å². The van der Waals surface area contributed by atoms with Gasteiger partial charge in [0, 0.05) is 56.6 Å². The number of likely N-dealkylation sites (tertiary alicyclic amines) is 2. The standard InChI is InChI=1S/C30H39F3N4O3/c1-19-20(2)28(40-12-5-11-35(4)23-10-13-39-18-23)9-7-26(19)21(3)36-16-25-14-24(36)17-37(25)29(38)27-8-6-22(15-34-27)30(31,32)33/h6-9,15,21,23-25H,5,10-14,16-18H2,1-4H3/t21-,23?,24-,25-/m0/s1. The number of rotatable bonds is 9. The first-order chi connectivity index (χ1) is 19.0. The first-order valence-corrected chi connectivity index (χ1v) is 14.2. The number of alkyl halides is 3. The molecule has 0 aliphatic carbocycles. The zero-order valence-electron chi connectivity index (χ0n) is 23.7. The first kappa shape index (κ1) is 28.8. The summed E-state index contributed by atoms with van der Waals surface area (Å²) in [6, 6.07) is 7.25. The molecule has 3 aliphatic rings. The normalized spacial score (nSPS) is 23.8. The summed E-state index contributed by atoms with van der Waals surface area (Å²) in [5.74, 6) is 0.619. The molecule has 40 heavy (non-hydrogen) atoms. The third kappa shape index (κ3) is 5.85. The molecule has 0 saturated carbocycles. The smallest absolute Gasteiger partial charge is 0.417 e. The number of amides is 1. The van der Waals surface area contributed by atoms with E-state index < -0.39 is 11.7 Å². The first-order valence-electron chi connectivity index (χ1n) is 14.2. The van der Waals surface area contributed by atoms with Gasteiger partial charge in [0.15, 0.2) is 0 Å². The summed E-state index contributed by atoms with van der Waals surface area (Å²) >= 11 is 0. The van der Waals surface area contributed by atoms with Gasteiger partial charge in [-0.25, -0.2) is 0 Å². The number of aromatic nitrogens is 1. The van der Waals surface area contributed by atoms with Crippen molar-refractivity contribution >= 4 is 5.91 Å². The Morgan fingerprint density at radius 2 is 1.98 bits per heavy atom. The summed E-state index contributed by atoms with van der Waals surface area (Å²) in [5.41, 5.74) is 2.82. The van der Waals surface area contributed by atoms with E-state index in [2.05, 4.69) is 54.7 Å². The minimum absolute atomic E-state index is 0.0296. The zero-order chi connectivity index (χ0) is 28.6. The fraction of sp³-hybridized carbons (Fsp3) is 0.600. The average Bonchev–Trinajstić information content (AvgIpc) is 3.70. The van der Waals surface area contributed by atoms with Gasteiger partial charge >= 0.3 is 6.18 Å². The fourth-order valence-corrected chi connectivity index (χ4v) is 6.41. The van der Waals surface area contributed by atoms with Crippen LogP contribution in [0.1, 0.15) is 65.0 Å². The molecule has 3 saturated heterocycles. The van der Waals surface area contributed by atoms with E-state index in [0.717, 1.165) is 69.1 Å². The molecule has 0 N–H and O–H groups in total. The lowest BCUT2D eigenvalue weighted by Crippen LogP contribution is -2.49. The Kier molecular flexibility index (Phi) is 8.40. The number of piperazine rings is 1. The quantitative estimate of drug-likeness (QED) is 0.408. The number of pyridine rings is 1. The number of halogens is 3. The van der Waals surface area contributed by atoms with Gasteiger partial charge in [0.1, 0.15) is 11.4 Å². The number of carbonyl (C=O) groups excluding carboxylic acids is 1. The van der Waals surface area contributed by atoms with Gasteiger partial charge in [-0.1, -0.05) is 6.07 Å². The topological polar surface area (TPSA) is 58.1 Å². The Bertz CT molecular complexity index is 1200. The number of benzene rings is 1. The van der Waals surface area contributed by atoms with E-state index in [4.69, 9.17) is 9.47 Å². The van der Waals surface area contributed by atoms with Crippen LogP contribution in [0.3, 0.4) is 0 Å². The molecular weight excluding hydrogens is 521 g/mol. The van der Waals surface area contributed by atoms with Gasteiger partial charge in [-0.05, 0) is 82.0 Å². The second-order valence-electron chi connectivity index (χ2n) is 11.4. The third-order valence-corrected chi connectivity index (χ3v) is 9.02. The van der Waals surface area contributed by atoms with E-state index >= 15 is 0 Å². The van der Waals surface area contributed by atoms with E-state index in [9.17, 15) is 18.0 Å². The molecule has 1 unspecified atom stereocenters. The van der Waals surface area contributed by atoms with Gasteiger partial charge in [-0.3, -0.25) is 14.7 Å². The Hall–Kier alpha value is -2.69. The average molecular weight is 561 g/mol. The second-order valence-corrected chi connectivity index (χ2v) is 11.4. The molecule has 7 nitrogen and oxygen atoms in total. The van der Waals surface area contributed by atoms with Crippen LogP contribution < -0.4 is 4.74 Å². The van der Waals surface area contributed by atoms with Gasteiger partial charge in [-0.2, -0.15) is 13.2 Å². The number of hydrogen-bond acceptors (Lipinski definition) is 6. The van der Waals surface area contributed by atoms with E-state index in [1.807, 2.05) is 0 Å². The van der Waals surface area contributed by atoms with Gasteiger partial charge in [0.05, 0.1) is 18.8 Å². The predicted octanol–water partition coefficient (Wildman–Crippen LogP) is 4.87. The van der Waals surface area contributed by atoms with Crippen molar-refractivity contribution in [3.8, 4) is 5.75 Å². The lowest BCUT2D eigenvalue weighted by Gasteiger charge is -2.38. The molecule has 2 aromatic rings. The van der Waals surface area contributed by atoms with Crippen molar-refractivity contribution in [3.05, 3.63) is 58.4 Å². The molecule has 1 aromatic heterocycles. The van der Waals surface area contributed by atoms with Crippen LogP contribution in [0.5, 0.6) is 5.75 Å². The van der Waals surface area contributed by atoms with Crippen molar-refractivity contribution < 1.29 is 27.4 Å². The Balaban J connectivity index is 1.16. The molecule has 5 rings (SSSR count). The summed E-state index contributed by atoms with van der Waals surface area (Å²) in [6.45, 7) is 11.1. The molecule has 218 valence electrons. The summed E-state index contributed by atoms with van der Waals surface area (Å²) in [6.07, 6.45) is -0.826. The van der Waals surface area contributed by atoms with Crippen molar-refractivity contribution in [2.24, 2.45) is 0 Å². The highest BCUT2D eigenvalue weighted by atomic mass is 19.4. The largest absolute Gasteiger partial charge is 0.493 e. The molecule has 1 amide bonds. The van der Waals surface area contributed by atoms with Crippen LogP contribution in [-0.4, -0.2) is 90.2 Å². The van der Waals surface area contributed by atoms with Gasteiger partial charge < -0.3 is 19.3 Å². The van der Waals surface area contributed by atoms with E-state index in [0.29, 0.717) is 19.2 Å². The van der Waals surface area contributed by atoms with Crippen molar-refractivity contribution in [1.29, 1.82) is 0 Å². The number of fused-ring (bicyclic) bond motifs is 2. The van der Waals surface area contributed by atoms with E-state index in [-0.39, 0.29) is 29.7 Å². The highest BCUT2D eigenvalue weighted by molar-refractivity contribution is 5.93. The molecule has 3 aliphatic heterocycles. The molecular formula is C30H39F3N4O3. The summed E-state index contributed by atoms with van der Waals surface area (Å²) in [4.78, 5) is 23.4. The SMILES string of the molecule is Cc1c(OCCCN(C)C2CCOC2)ccc([C@H](C)N2C[C@@H]3C[C@H]2CN3C(=O)c2ccc(C(F)(F)F)cn2)c1C. The number of ether oxygens (including phenoxy) is 2.